The summed E-state index contributed by atoms with van der Waals surface area (Å²) in [6, 6.07) is 7.01. The number of benzene rings is 1. The summed E-state index contributed by atoms with van der Waals surface area (Å²) in [6.45, 7) is 2.78. The highest BCUT2D eigenvalue weighted by atomic mass is 19.1. The number of carbonyl (C=O) groups excluding carboxylic acids is 1. The monoisotopic (exact) mass is 332 g/mol. The molecule has 0 radical (unpaired) electrons. The van der Waals surface area contributed by atoms with Gasteiger partial charge in [-0.3, -0.25) is 4.79 Å². The number of anilines is 1. The zero-order valence-electron chi connectivity index (χ0n) is 13.2. The third-order valence-electron chi connectivity index (χ3n) is 4.01. The van der Waals surface area contributed by atoms with Crippen LogP contribution in [0.4, 0.5) is 14.6 Å². The molecule has 2 N–H and O–H groups in total. The van der Waals surface area contributed by atoms with Gasteiger partial charge in [-0.1, -0.05) is 0 Å². The summed E-state index contributed by atoms with van der Waals surface area (Å²) in [7, 11) is 0. The fraction of sp³-hybridized carbons (Fsp3) is 0.353. The molecule has 1 aliphatic rings. The van der Waals surface area contributed by atoms with Gasteiger partial charge in [-0.2, -0.15) is 5.10 Å². The molecule has 1 aromatic carbocycles. The van der Waals surface area contributed by atoms with E-state index in [1.807, 2.05) is 19.1 Å². The van der Waals surface area contributed by atoms with Gasteiger partial charge in [-0.15, -0.1) is 5.10 Å². The van der Waals surface area contributed by atoms with E-state index in [4.69, 9.17) is 0 Å². The van der Waals surface area contributed by atoms with Crippen LogP contribution in [0.25, 0.3) is 0 Å². The summed E-state index contributed by atoms with van der Waals surface area (Å²) in [5.74, 6) is -0.976. The van der Waals surface area contributed by atoms with E-state index in [0.29, 0.717) is 25.3 Å². The van der Waals surface area contributed by atoms with E-state index in [9.17, 15) is 13.6 Å². The van der Waals surface area contributed by atoms with Crippen LogP contribution in [0.2, 0.25) is 0 Å². The predicted octanol–water partition coefficient (Wildman–Crippen LogP) is 2.40. The Hall–Kier alpha value is -2.57. The molecule has 7 heteroatoms. The summed E-state index contributed by atoms with van der Waals surface area (Å²) in [5.41, 5.74) is 1.11. The van der Waals surface area contributed by atoms with E-state index in [2.05, 4.69) is 20.8 Å². The Labute approximate surface area is 138 Å². The lowest BCUT2D eigenvalue weighted by Crippen LogP contribution is -2.30. The summed E-state index contributed by atoms with van der Waals surface area (Å²) in [5, 5.41) is 13.7. The van der Waals surface area contributed by atoms with E-state index in [-0.39, 0.29) is 23.3 Å². The molecule has 1 saturated carbocycles. The number of nitrogens with one attached hydrogen (secondary N) is 2. The first-order valence-corrected chi connectivity index (χ1v) is 7.81. The largest absolute Gasteiger partial charge is 0.367 e. The third-order valence-corrected chi connectivity index (χ3v) is 4.01. The maximum absolute atomic E-state index is 13.7. The number of halogens is 2. The Morgan fingerprint density at radius 2 is 2.04 bits per heavy atom. The molecule has 0 bridgehead atoms. The summed E-state index contributed by atoms with van der Waals surface area (Å²) < 4.78 is 26.9. The minimum Gasteiger partial charge on any atom is -0.367 e. The molecule has 24 heavy (non-hydrogen) atoms. The smallest absolute Gasteiger partial charge is 0.223 e. The molecule has 0 aliphatic heterocycles. The molecular formula is C17H18F2N4O. The number of amides is 1. The van der Waals surface area contributed by atoms with Crippen molar-refractivity contribution in [1.82, 2.24) is 15.5 Å². The number of carbonyl (C=O) groups is 1. The van der Waals surface area contributed by atoms with Gasteiger partial charge >= 0.3 is 0 Å². The van der Waals surface area contributed by atoms with Crippen LogP contribution in [0.5, 0.6) is 0 Å². The predicted molar refractivity (Wildman–Crippen MR) is 85.5 cm³/mol. The molecule has 1 aliphatic carbocycles. The van der Waals surface area contributed by atoms with Gasteiger partial charge in [0.15, 0.2) is 0 Å². The van der Waals surface area contributed by atoms with Gasteiger partial charge in [-0.05, 0) is 55.2 Å². The number of nitrogens with zero attached hydrogens (tertiary/aromatic N) is 2. The zero-order chi connectivity index (χ0) is 17.1. The van der Waals surface area contributed by atoms with Crippen molar-refractivity contribution in [2.45, 2.75) is 19.3 Å². The molecule has 0 saturated heterocycles. The molecule has 126 valence electrons. The average molecular weight is 332 g/mol. The Kier molecular flexibility index (Phi) is 4.69. The van der Waals surface area contributed by atoms with Crippen LogP contribution in [0, 0.1) is 24.5 Å². The highest BCUT2D eigenvalue weighted by molar-refractivity contribution is 5.82. The van der Waals surface area contributed by atoms with Crippen molar-refractivity contribution in [2.75, 3.05) is 18.4 Å². The van der Waals surface area contributed by atoms with Gasteiger partial charge in [0.25, 0.3) is 0 Å². The second-order valence-corrected chi connectivity index (χ2v) is 5.89. The van der Waals surface area contributed by atoms with Crippen molar-refractivity contribution in [1.29, 1.82) is 0 Å². The standard InChI is InChI=1S/C17H18F2N4O/c1-10-2-5-16(23-22-10)20-6-7-21-17(24)14-9-12(14)13-8-11(18)3-4-15(13)19/h2-5,8,12,14H,6-7,9H2,1H3,(H,20,23)(H,21,24)/t12-,14-/m1/s1. The highest BCUT2D eigenvalue weighted by Gasteiger charge is 2.45. The molecule has 2 aromatic rings. The van der Waals surface area contributed by atoms with Gasteiger partial charge in [0, 0.05) is 19.0 Å². The molecule has 1 aromatic heterocycles. The van der Waals surface area contributed by atoms with Crippen LogP contribution in [0.1, 0.15) is 23.6 Å². The minimum absolute atomic E-state index is 0.138. The topological polar surface area (TPSA) is 66.9 Å². The molecule has 3 rings (SSSR count). The average Bonchev–Trinajstić information content (AvgIpc) is 3.36. The number of aromatic nitrogens is 2. The van der Waals surface area contributed by atoms with Crippen molar-refractivity contribution in [2.24, 2.45) is 5.92 Å². The Balaban J connectivity index is 1.43. The highest BCUT2D eigenvalue weighted by Crippen LogP contribution is 2.48. The molecule has 0 spiro atoms. The van der Waals surface area contributed by atoms with Crippen molar-refractivity contribution in [3.8, 4) is 0 Å². The van der Waals surface area contributed by atoms with Crippen molar-refractivity contribution >= 4 is 11.7 Å². The second-order valence-electron chi connectivity index (χ2n) is 5.89. The van der Waals surface area contributed by atoms with Crippen molar-refractivity contribution < 1.29 is 13.6 Å². The van der Waals surface area contributed by atoms with E-state index >= 15 is 0 Å². The van der Waals surface area contributed by atoms with Crippen molar-refractivity contribution in [3.05, 3.63) is 53.2 Å². The van der Waals surface area contributed by atoms with Gasteiger partial charge in [-0.25, -0.2) is 8.78 Å². The van der Waals surface area contributed by atoms with Crippen LogP contribution in [-0.2, 0) is 4.79 Å². The lowest BCUT2D eigenvalue weighted by Gasteiger charge is -2.07. The first-order valence-electron chi connectivity index (χ1n) is 7.81. The third kappa shape index (κ3) is 3.84. The van der Waals surface area contributed by atoms with Crippen LogP contribution < -0.4 is 10.6 Å². The molecular weight excluding hydrogens is 314 g/mol. The molecule has 2 atom stereocenters. The quantitative estimate of drug-likeness (QED) is 0.797. The number of aryl methyl sites for hydroxylation is 1. The summed E-state index contributed by atoms with van der Waals surface area (Å²) in [4.78, 5) is 12.1. The maximum atomic E-state index is 13.7. The molecule has 1 fully saturated rings. The maximum Gasteiger partial charge on any atom is 0.223 e. The SMILES string of the molecule is Cc1ccc(NCCNC(=O)[C@@H]2C[C@@H]2c2cc(F)ccc2F)nn1. The Bertz CT molecular complexity index is 736. The number of rotatable bonds is 6. The van der Waals surface area contributed by atoms with Crippen molar-refractivity contribution in [3.63, 3.8) is 0 Å². The van der Waals surface area contributed by atoms with Gasteiger partial charge in [0.2, 0.25) is 5.91 Å². The zero-order valence-corrected chi connectivity index (χ0v) is 13.2. The lowest BCUT2D eigenvalue weighted by molar-refractivity contribution is -0.122. The van der Waals surface area contributed by atoms with Crippen LogP contribution in [0.15, 0.2) is 30.3 Å². The lowest BCUT2D eigenvalue weighted by atomic mass is 10.1. The fourth-order valence-electron chi connectivity index (χ4n) is 2.63. The van der Waals surface area contributed by atoms with Gasteiger partial charge < -0.3 is 10.6 Å². The van der Waals surface area contributed by atoms with Gasteiger partial charge in [0.1, 0.15) is 17.5 Å². The second kappa shape index (κ2) is 6.90. The Morgan fingerprint density at radius 3 is 2.79 bits per heavy atom. The summed E-state index contributed by atoms with van der Waals surface area (Å²) >= 11 is 0. The van der Waals surface area contributed by atoms with E-state index in [1.165, 1.54) is 6.07 Å². The molecule has 5 nitrogen and oxygen atoms in total. The normalized spacial score (nSPS) is 19.0. The van der Waals surface area contributed by atoms with Crippen LogP contribution in [-0.4, -0.2) is 29.2 Å². The van der Waals surface area contributed by atoms with Crippen LogP contribution >= 0.6 is 0 Å². The molecule has 1 amide bonds. The molecule has 1 heterocycles. The Morgan fingerprint density at radius 1 is 1.21 bits per heavy atom. The van der Waals surface area contributed by atoms with Gasteiger partial charge in [0.05, 0.1) is 5.69 Å². The van der Waals surface area contributed by atoms with E-state index < -0.39 is 11.6 Å². The first-order chi connectivity index (χ1) is 11.5. The van der Waals surface area contributed by atoms with Crippen LogP contribution in [0.3, 0.4) is 0 Å². The van der Waals surface area contributed by atoms with E-state index in [0.717, 1.165) is 17.8 Å². The molecule has 0 unspecified atom stereocenters. The first kappa shape index (κ1) is 16.3. The minimum atomic E-state index is -0.485. The summed E-state index contributed by atoms with van der Waals surface area (Å²) in [6.07, 6.45) is 0.545. The van der Waals surface area contributed by atoms with E-state index in [1.54, 1.807) is 0 Å². The number of hydrogen-bond donors (Lipinski definition) is 2. The number of hydrogen-bond acceptors (Lipinski definition) is 4. The fourth-order valence-corrected chi connectivity index (χ4v) is 2.63.